The summed E-state index contributed by atoms with van der Waals surface area (Å²) in [7, 11) is 1.70. The fourth-order valence-electron chi connectivity index (χ4n) is 9.15. The standard InChI is InChI=1S/C53H62FN5O11/c1-3-37-8-10-38(11-9-37)33-67-52(60)55-47-31-58(53(61)68-34-39-12-14-40(15-13-39)36-69-59(62)63)32-50(66-35-41-16-21-49-48(28-41)56(25-27-65-49)23-5-26-64-2)51(47)42-17-19-45(20-18-42)70-46-22-24-57(30-46)44-7-4-6-43(54)29-44/h4,6-21,28-29,46-47,50-51,62-63H,3,5,22-27,30-36H2,1-2H3,(H,55,60). The molecule has 2 fully saturated rings. The van der Waals surface area contributed by atoms with Crippen LogP contribution in [0.5, 0.6) is 11.5 Å². The minimum Gasteiger partial charge on any atom is -0.490 e. The number of rotatable bonds is 20. The molecule has 5 aromatic carbocycles. The molecule has 0 aliphatic carbocycles. The van der Waals surface area contributed by atoms with E-state index in [-0.39, 0.29) is 56.8 Å². The van der Waals surface area contributed by atoms with Gasteiger partial charge in [-0.3, -0.25) is 10.4 Å². The van der Waals surface area contributed by atoms with Crippen LogP contribution >= 0.6 is 0 Å². The molecular weight excluding hydrogens is 902 g/mol. The topological polar surface area (TPSA) is 164 Å². The van der Waals surface area contributed by atoms with E-state index in [0.29, 0.717) is 36.6 Å². The first-order valence-corrected chi connectivity index (χ1v) is 23.8. The number of aryl methyl sites for hydroxylation is 1. The average Bonchev–Trinajstić information content (AvgIpc) is 3.85. The zero-order chi connectivity index (χ0) is 48.8. The van der Waals surface area contributed by atoms with Crippen molar-refractivity contribution >= 4 is 23.6 Å². The molecule has 17 heteroatoms. The Bertz CT molecular complexity index is 2460. The molecule has 4 unspecified atom stereocenters. The van der Waals surface area contributed by atoms with Gasteiger partial charge in [0.05, 0.1) is 56.1 Å². The van der Waals surface area contributed by atoms with Crippen LogP contribution in [0.2, 0.25) is 0 Å². The van der Waals surface area contributed by atoms with Gasteiger partial charge < -0.3 is 48.4 Å². The third-order valence-electron chi connectivity index (χ3n) is 12.9. The molecule has 3 N–H and O–H groups in total. The van der Waals surface area contributed by atoms with E-state index in [1.54, 1.807) is 42.3 Å². The van der Waals surface area contributed by atoms with Crippen LogP contribution in [0.3, 0.4) is 0 Å². The number of anilines is 2. The molecule has 0 spiro atoms. The van der Waals surface area contributed by atoms with Gasteiger partial charge in [-0.1, -0.05) is 79.7 Å². The van der Waals surface area contributed by atoms with Crippen molar-refractivity contribution in [2.45, 2.75) is 76.8 Å². The summed E-state index contributed by atoms with van der Waals surface area (Å²) in [6, 6.07) is 34.5. The normalized spacial score (nSPS) is 18.9. The summed E-state index contributed by atoms with van der Waals surface area (Å²) >= 11 is 0. The van der Waals surface area contributed by atoms with Crippen molar-refractivity contribution in [1.82, 2.24) is 15.6 Å². The number of carbonyl (C=O) groups is 2. The van der Waals surface area contributed by atoms with Crippen molar-refractivity contribution in [3.8, 4) is 11.5 Å². The van der Waals surface area contributed by atoms with Gasteiger partial charge in [0.15, 0.2) is 0 Å². The fourth-order valence-corrected chi connectivity index (χ4v) is 9.15. The zero-order valence-corrected chi connectivity index (χ0v) is 39.6. The summed E-state index contributed by atoms with van der Waals surface area (Å²) in [5.74, 6) is 0.729. The maximum absolute atomic E-state index is 14.1. The molecule has 5 aromatic rings. The summed E-state index contributed by atoms with van der Waals surface area (Å²) in [6.45, 7) is 6.55. The minimum atomic E-state index is -0.687. The Morgan fingerprint density at radius 1 is 0.800 bits per heavy atom. The minimum absolute atomic E-state index is 0.0466. The number of nitrogens with zero attached hydrogens (tertiary/aromatic N) is 4. The molecule has 0 aromatic heterocycles. The molecule has 8 rings (SSSR count). The molecule has 372 valence electrons. The first kappa shape index (κ1) is 49.9. The van der Waals surface area contributed by atoms with E-state index in [1.165, 1.54) is 17.7 Å². The largest absolute Gasteiger partial charge is 0.490 e. The Hall–Kier alpha value is -6.47. The summed E-state index contributed by atoms with van der Waals surface area (Å²) in [6.07, 6.45) is 0.527. The highest BCUT2D eigenvalue weighted by molar-refractivity contribution is 5.70. The number of amides is 2. The first-order chi connectivity index (χ1) is 34.1. The van der Waals surface area contributed by atoms with Gasteiger partial charge in [-0.15, -0.1) is 0 Å². The van der Waals surface area contributed by atoms with Crippen molar-refractivity contribution in [2.24, 2.45) is 0 Å². The lowest BCUT2D eigenvalue weighted by molar-refractivity contribution is -0.497. The van der Waals surface area contributed by atoms with Crippen molar-refractivity contribution in [2.75, 3.05) is 69.4 Å². The number of methoxy groups -OCH3 is 1. The van der Waals surface area contributed by atoms with Crippen LogP contribution in [0.25, 0.3) is 0 Å². The number of nitrogens with one attached hydrogen (secondary N) is 1. The van der Waals surface area contributed by atoms with Crippen LogP contribution in [-0.2, 0) is 56.6 Å². The van der Waals surface area contributed by atoms with E-state index >= 15 is 0 Å². The number of hydrogen-bond acceptors (Lipinski definition) is 14. The number of ether oxygens (including phenoxy) is 6. The van der Waals surface area contributed by atoms with Gasteiger partial charge in [-0.25, -0.2) is 18.8 Å². The second kappa shape index (κ2) is 24.4. The molecule has 4 atom stereocenters. The monoisotopic (exact) mass is 963 g/mol. The maximum atomic E-state index is 14.1. The molecule has 0 radical (unpaired) electrons. The molecule has 16 nitrogen and oxygen atoms in total. The third kappa shape index (κ3) is 13.6. The van der Waals surface area contributed by atoms with E-state index in [0.717, 1.165) is 72.7 Å². The van der Waals surface area contributed by atoms with Gasteiger partial charge >= 0.3 is 12.2 Å². The fraction of sp³-hybridized carbons (Fsp3) is 0.396. The van der Waals surface area contributed by atoms with Gasteiger partial charge in [-0.05, 0) is 88.7 Å². The predicted molar refractivity (Wildman–Crippen MR) is 257 cm³/mol. The second-order valence-electron chi connectivity index (χ2n) is 17.7. The Kier molecular flexibility index (Phi) is 17.4. The Morgan fingerprint density at radius 3 is 2.23 bits per heavy atom. The highest BCUT2D eigenvalue weighted by atomic mass is 19.1. The van der Waals surface area contributed by atoms with Crippen LogP contribution < -0.4 is 24.6 Å². The highest BCUT2D eigenvalue weighted by Gasteiger charge is 2.42. The molecule has 3 aliphatic rings. The van der Waals surface area contributed by atoms with E-state index < -0.39 is 30.3 Å². The van der Waals surface area contributed by atoms with Crippen LogP contribution in [0.1, 0.15) is 59.1 Å². The van der Waals surface area contributed by atoms with E-state index in [9.17, 15) is 14.0 Å². The smallest absolute Gasteiger partial charge is 0.410 e. The summed E-state index contributed by atoms with van der Waals surface area (Å²) < 4.78 is 50.4. The van der Waals surface area contributed by atoms with Gasteiger partial charge in [0.25, 0.3) is 0 Å². The number of piperidine rings is 1. The third-order valence-corrected chi connectivity index (χ3v) is 12.9. The van der Waals surface area contributed by atoms with Gasteiger partial charge in [0.2, 0.25) is 0 Å². The Morgan fingerprint density at radius 2 is 1.51 bits per heavy atom. The van der Waals surface area contributed by atoms with Crippen molar-refractivity contribution in [3.05, 3.63) is 154 Å². The molecule has 0 saturated carbocycles. The molecule has 2 amide bonds. The predicted octanol–water partition coefficient (Wildman–Crippen LogP) is 8.41. The van der Waals surface area contributed by atoms with Gasteiger partial charge in [0, 0.05) is 51.4 Å². The first-order valence-electron chi connectivity index (χ1n) is 23.8. The van der Waals surface area contributed by atoms with Crippen LogP contribution in [-0.4, -0.2) is 111 Å². The lowest BCUT2D eigenvalue weighted by Gasteiger charge is -2.43. The van der Waals surface area contributed by atoms with Crippen LogP contribution in [0.4, 0.5) is 25.4 Å². The number of carbonyl (C=O) groups excluding carboxylic acids is 2. The number of hydrogen-bond donors (Lipinski definition) is 3. The molecule has 3 heterocycles. The molecular formula is C53H62FN5O11. The van der Waals surface area contributed by atoms with Gasteiger partial charge in [-0.2, -0.15) is 0 Å². The van der Waals surface area contributed by atoms with Crippen LogP contribution in [0.15, 0.2) is 115 Å². The number of fused-ring (bicyclic) bond motifs is 1. The van der Waals surface area contributed by atoms with E-state index in [1.807, 2.05) is 66.7 Å². The quantitative estimate of drug-likeness (QED) is 0.0503. The van der Waals surface area contributed by atoms with Crippen molar-refractivity contribution < 1.29 is 57.7 Å². The molecule has 0 bridgehead atoms. The maximum Gasteiger partial charge on any atom is 0.410 e. The Labute approximate surface area is 407 Å². The number of likely N-dealkylation sites (tertiary alicyclic amines) is 1. The second-order valence-corrected chi connectivity index (χ2v) is 17.7. The number of alkyl carbamates (subject to hydrolysis) is 1. The average molecular weight is 964 g/mol. The number of benzene rings is 5. The molecule has 2 saturated heterocycles. The summed E-state index contributed by atoms with van der Waals surface area (Å²) in [5, 5.41) is 20.6. The number of halogens is 1. The van der Waals surface area contributed by atoms with E-state index in [4.69, 9.17) is 43.7 Å². The van der Waals surface area contributed by atoms with Crippen molar-refractivity contribution in [1.29, 1.82) is 0 Å². The van der Waals surface area contributed by atoms with Gasteiger partial charge in [0.1, 0.15) is 43.2 Å². The lowest BCUT2D eigenvalue weighted by Crippen LogP contribution is -2.59. The highest BCUT2D eigenvalue weighted by Crippen LogP contribution is 2.36. The summed E-state index contributed by atoms with van der Waals surface area (Å²) in [4.78, 5) is 38.5. The van der Waals surface area contributed by atoms with Crippen molar-refractivity contribution in [3.63, 3.8) is 0 Å². The summed E-state index contributed by atoms with van der Waals surface area (Å²) in [5.41, 5.74) is 6.94. The SMILES string of the molecule is CCc1ccc(COC(=O)NC2CN(C(=O)OCc3ccc(CON(O)O)cc3)CC(OCc3ccc4c(c3)N(CCCOC)CCO4)C2c2ccc(OC3CCN(c4cccc(F)c4)C3)cc2)cc1. The zero-order valence-electron chi connectivity index (χ0n) is 39.6. The van der Waals surface area contributed by atoms with Crippen LogP contribution in [0, 0.1) is 5.82 Å². The molecule has 3 aliphatic heterocycles. The lowest BCUT2D eigenvalue weighted by atomic mass is 9.83. The Balaban J connectivity index is 1.04. The van der Waals surface area contributed by atoms with E-state index in [2.05, 4.69) is 28.1 Å². The molecule has 70 heavy (non-hydrogen) atoms.